The molecule has 1 aliphatic heterocycles. The fourth-order valence-electron chi connectivity index (χ4n) is 3.90. The van der Waals surface area contributed by atoms with Crippen LogP contribution in [-0.2, 0) is 21.4 Å². The predicted molar refractivity (Wildman–Crippen MR) is 117 cm³/mol. The molecule has 0 saturated carbocycles. The van der Waals surface area contributed by atoms with Gasteiger partial charge in [0.25, 0.3) is 0 Å². The highest BCUT2D eigenvalue weighted by Gasteiger charge is 2.34. The third-order valence-electron chi connectivity index (χ3n) is 5.71. The number of hydrogen-bond donors (Lipinski definition) is 0. The Morgan fingerprint density at radius 3 is 2.60 bits per heavy atom. The number of fused-ring (bicyclic) bond motifs is 1. The fourth-order valence-corrected chi connectivity index (χ4v) is 6.13. The van der Waals surface area contributed by atoms with E-state index < -0.39 is 10.0 Å². The van der Waals surface area contributed by atoms with Crippen molar-refractivity contribution in [3.05, 3.63) is 53.6 Å². The smallest absolute Gasteiger partial charge is 0.245 e. The van der Waals surface area contributed by atoms with E-state index in [4.69, 9.17) is 0 Å². The zero-order chi connectivity index (χ0) is 21.3. The van der Waals surface area contributed by atoms with Crippen LogP contribution in [0.1, 0.15) is 24.0 Å². The van der Waals surface area contributed by atoms with Gasteiger partial charge in [-0.2, -0.15) is 13.1 Å². The van der Waals surface area contributed by atoms with Crippen LogP contribution in [0.5, 0.6) is 0 Å². The summed E-state index contributed by atoms with van der Waals surface area (Å²) in [6, 6.07) is 13.0. The van der Waals surface area contributed by atoms with E-state index in [0.29, 0.717) is 43.5 Å². The van der Waals surface area contributed by atoms with E-state index in [1.807, 2.05) is 38.2 Å². The van der Waals surface area contributed by atoms with Crippen LogP contribution in [0.4, 0.5) is 0 Å². The molecule has 1 amide bonds. The number of sulfonamides is 1. The normalized spacial score (nSPS) is 16.1. The largest absolute Gasteiger partial charge is 0.341 e. The summed E-state index contributed by atoms with van der Waals surface area (Å²) in [5.41, 5.74) is 3.28. The molecule has 158 valence electrons. The van der Waals surface area contributed by atoms with Crippen molar-refractivity contribution in [2.45, 2.75) is 31.2 Å². The number of amides is 1. The fraction of sp³-hybridized carbons (Fsp3) is 0.381. The van der Waals surface area contributed by atoms with Gasteiger partial charge in [-0.15, -0.1) is 0 Å². The van der Waals surface area contributed by atoms with E-state index in [1.165, 1.54) is 4.31 Å². The minimum Gasteiger partial charge on any atom is -0.341 e. The summed E-state index contributed by atoms with van der Waals surface area (Å²) in [6.07, 6.45) is 1.03. The quantitative estimate of drug-likeness (QED) is 0.604. The molecule has 0 N–H and O–H groups in total. The van der Waals surface area contributed by atoms with Crippen molar-refractivity contribution in [3.8, 4) is 0 Å². The van der Waals surface area contributed by atoms with Gasteiger partial charge in [-0.05, 0) is 43.0 Å². The molecule has 0 aliphatic carbocycles. The van der Waals surface area contributed by atoms with Crippen molar-refractivity contribution < 1.29 is 13.2 Å². The first-order valence-corrected chi connectivity index (χ1v) is 12.1. The summed E-state index contributed by atoms with van der Waals surface area (Å²) >= 11 is 1.01. The Bertz CT molecular complexity index is 1170. The van der Waals surface area contributed by atoms with E-state index in [0.717, 1.165) is 22.9 Å². The van der Waals surface area contributed by atoms with E-state index in [2.05, 4.69) is 8.75 Å². The molecule has 0 bridgehead atoms. The Balaban J connectivity index is 1.42. The molecule has 0 unspecified atom stereocenters. The van der Waals surface area contributed by atoms with Crippen molar-refractivity contribution in [1.82, 2.24) is 18.0 Å². The predicted octanol–water partition coefficient (Wildman–Crippen LogP) is 3.06. The first kappa shape index (κ1) is 20.9. The van der Waals surface area contributed by atoms with Gasteiger partial charge in [0.2, 0.25) is 15.9 Å². The number of piperidine rings is 1. The second-order valence-electron chi connectivity index (χ2n) is 7.69. The lowest BCUT2D eigenvalue weighted by Gasteiger charge is -2.32. The number of rotatable bonds is 5. The monoisotopic (exact) mass is 444 g/mol. The van der Waals surface area contributed by atoms with Crippen LogP contribution in [-0.4, -0.2) is 52.4 Å². The van der Waals surface area contributed by atoms with Crippen molar-refractivity contribution in [2.24, 2.45) is 5.92 Å². The zero-order valence-electron chi connectivity index (χ0n) is 17.0. The minimum absolute atomic E-state index is 0.0705. The van der Waals surface area contributed by atoms with Gasteiger partial charge in [0, 0.05) is 32.6 Å². The molecule has 4 rings (SSSR count). The van der Waals surface area contributed by atoms with Gasteiger partial charge in [-0.25, -0.2) is 8.42 Å². The molecule has 30 heavy (non-hydrogen) atoms. The average molecular weight is 445 g/mol. The lowest BCUT2D eigenvalue weighted by Crippen LogP contribution is -2.43. The first-order chi connectivity index (χ1) is 14.4. The highest BCUT2D eigenvalue weighted by molar-refractivity contribution is 7.89. The van der Waals surface area contributed by atoms with Gasteiger partial charge in [0.05, 0.1) is 11.7 Å². The third-order valence-corrected chi connectivity index (χ3v) is 8.19. The van der Waals surface area contributed by atoms with E-state index in [-0.39, 0.29) is 16.7 Å². The second-order valence-corrected chi connectivity index (χ2v) is 10.1. The van der Waals surface area contributed by atoms with Crippen molar-refractivity contribution in [2.75, 3.05) is 20.1 Å². The first-order valence-electron chi connectivity index (χ1n) is 9.89. The molecule has 2 aromatic carbocycles. The average Bonchev–Trinajstić information content (AvgIpc) is 3.23. The summed E-state index contributed by atoms with van der Waals surface area (Å²) in [5, 5.41) is 0. The molecule has 9 heteroatoms. The van der Waals surface area contributed by atoms with Crippen LogP contribution in [0.3, 0.4) is 0 Å². The Morgan fingerprint density at radius 2 is 1.87 bits per heavy atom. The molecule has 0 spiro atoms. The molecule has 2 heterocycles. The molecular weight excluding hydrogens is 420 g/mol. The maximum atomic E-state index is 13.2. The van der Waals surface area contributed by atoms with Crippen LogP contribution in [0.25, 0.3) is 11.0 Å². The number of hydrogen-bond acceptors (Lipinski definition) is 6. The topological polar surface area (TPSA) is 83.5 Å². The molecule has 7 nitrogen and oxygen atoms in total. The Hall–Kier alpha value is -2.36. The maximum Gasteiger partial charge on any atom is 0.245 e. The molecule has 0 radical (unpaired) electrons. The SMILES string of the molecule is Cc1ccccc1CN(C)C(=O)C1CCN(S(=O)(=O)c2cccc3nsnc23)CC1. The molecule has 3 aromatic rings. The van der Waals surface area contributed by atoms with Crippen molar-refractivity contribution >= 4 is 38.7 Å². The number of aromatic nitrogens is 2. The van der Waals surface area contributed by atoms with Gasteiger partial charge in [-0.3, -0.25) is 4.79 Å². The Kier molecular flexibility index (Phi) is 5.86. The number of nitrogens with zero attached hydrogens (tertiary/aromatic N) is 4. The van der Waals surface area contributed by atoms with Crippen LogP contribution in [0.15, 0.2) is 47.4 Å². The highest BCUT2D eigenvalue weighted by Crippen LogP contribution is 2.28. The zero-order valence-corrected chi connectivity index (χ0v) is 18.6. The van der Waals surface area contributed by atoms with E-state index in [1.54, 1.807) is 23.1 Å². The lowest BCUT2D eigenvalue weighted by atomic mass is 9.96. The van der Waals surface area contributed by atoms with Gasteiger partial charge in [0.15, 0.2) is 0 Å². The van der Waals surface area contributed by atoms with Crippen LogP contribution in [0, 0.1) is 12.8 Å². The second kappa shape index (κ2) is 8.41. The standard InChI is InChI=1S/C21H24N4O3S2/c1-15-6-3-4-7-17(15)14-24(2)21(26)16-10-12-25(13-11-16)30(27,28)19-9-5-8-18-20(19)23-29-22-18/h3-9,16H,10-14H2,1-2H3. The summed E-state index contributed by atoms with van der Waals surface area (Å²) in [7, 11) is -1.86. The van der Waals surface area contributed by atoms with E-state index in [9.17, 15) is 13.2 Å². The Morgan fingerprint density at radius 1 is 1.13 bits per heavy atom. The van der Waals surface area contributed by atoms with Crippen LogP contribution < -0.4 is 0 Å². The van der Waals surface area contributed by atoms with Gasteiger partial charge < -0.3 is 4.90 Å². The van der Waals surface area contributed by atoms with Gasteiger partial charge in [-0.1, -0.05) is 30.3 Å². The number of carbonyl (C=O) groups excluding carboxylic acids is 1. The molecular formula is C21H24N4O3S2. The van der Waals surface area contributed by atoms with Crippen LogP contribution in [0.2, 0.25) is 0 Å². The minimum atomic E-state index is -3.67. The lowest BCUT2D eigenvalue weighted by molar-refractivity contribution is -0.135. The highest BCUT2D eigenvalue weighted by atomic mass is 32.2. The molecule has 1 aliphatic rings. The number of carbonyl (C=O) groups is 1. The van der Waals surface area contributed by atoms with Crippen LogP contribution >= 0.6 is 11.7 Å². The number of benzene rings is 2. The summed E-state index contributed by atoms with van der Waals surface area (Å²) < 4.78 is 36.1. The molecule has 1 aromatic heterocycles. The Labute approximate surface area is 180 Å². The molecule has 0 atom stereocenters. The van der Waals surface area contributed by atoms with Gasteiger partial charge >= 0.3 is 0 Å². The molecule has 1 saturated heterocycles. The van der Waals surface area contributed by atoms with Gasteiger partial charge in [0.1, 0.15) is 15.9 Å². The summed E-state index contributed by atoms with van der Waals surface area (Å²) in [5.74, 6) is -0.0942. The molecule has 1 fully saturated rings. The van der Waals surface area contributed by atoms with Crippen molar-refractivity contribution in [3.63, 3.8) is 0 Å². The maximum absolute atomic E-state index is 13.2. The van der Waals surface area contributed by atoms with Crippen molar-refractivity contribution in [1.29, 1.82) is 0 Å². The summed E-state index contributed by atoms with van der Waals surface area (Å²) in [6.45, 7) is 3.24. The van der Waals surface area contributed by atoms with E-state index >= 15 is 0 Å². The number of aryl methyl sites for hydroxylation is 1. The third kappa shape index (κ3) is 3.97. The summed E-state index contributed by atoms with van der Waals surface area (Å²) in [4.78, 5) is 14.9.